The van der Waals surface area contributed by atoms with E-state index in [0.29, 0.717) is 5.11 Å². The molecule has 0 heterocycles. The lowest BCUT2D eigenvalue weighted by Crippen LogP contribution is -2.29. The Morgan fingerprint density at radius 1 is 0.864 bits per heavy atom. The molecule has 0 aliphatic rings. The van der Waals surface area contributed by atoms with Gasteiger partial charge in [-0.3, -0.25) is 0 Å². The number of unbranched alkanes of at least 4 members (excludes halogenated alkanes) is 2. The van der Waals surface area contributed by atoms with Crippen LogP contribution in [0.15, 0.2) is 54.6 Å². The van der Waals surface area contributed by atoms with E-state index in [-0.39, 0.29) is 0 Å². The van der Waals surface area contributed by atoms with Gasteiger partial charge in [0.25, 0.3) is 0 Å². The van der Waals surface area contributed by atoms with Gasteiger partial charge in [0.15, 0.2) is 5.11 Å². The van der Waals surface area contributed by atoms with Crippen molar-refractivity contribution in [2.75, 3.05) is 17.2 Å². The predicted molar refractivity (Wildman–Crippen MR) is 99.9 cm³/mol. The van der Waals surface area contributed by atoms with E-state index < -0.39 is 0 Å². The number of rotatable bonds is 7. The second kappa shape index (κ2) is 9.05. The molecule has 0 fully saturated rings. The summed E-state index contributed by atoms with van der Waals surface area (Å²) >= 11 is 5.29. The van der Waals surface area contributed by atoms with Crippen molar-refractivity contribution in [1.82, 2.24) is 5.32 Å². The van der Waals surface area contributed by atoms with Crippen molar-refractivity contribution in [2.24, 2.45) is 0 Å². The van der Waals surface area contributed by atoms with Gasteiger partial charge in [0.2, 0.25) is 0 Å². The topological polar surface area (TPSA) is 36.1 Å². The third-order valence-corrected chi connectivity index (χ3v) is 3.52. The molecule has 0 amide bonds. The van der Waals surface area contributed by atoms with Crippen molar-refractivity contribution in [3.63, 3.8) is 0 Å². The summed E-state index contributed by atoms with van der Waals surface area (Å²) in [5.41, 5.74) is 3.13. The van der Waals surface area contributed by atoms with Crippen LogP contribution < -0.4 is 16.0 Å². The van der Waals surface area contributed by atoms with Crippen LogP contribution in [-0.4, -0.2) is 11.7 Å². The maximum absolute atomic E-state index is 5.29. The Hall–Kier alpha value is -2.07. The van der Waals surface area contributed by atoms with Gasteiger partial charge in [-0.05, 0) is 55.0 Å². The minimum atomic E-state index is 0.680. The standard InChI is InChI=1S/C18H23N3S/c1-2-3-7-14-19-18(22)21-17-12-10-16(11-13-17)20-15-8-5-4-6-9-15/h4-6,8-13,20H,2-3,7,14H2,1H3,(H2,19,21,22). The summed E-state index contributed by atoms with van der Waals surface area (Å²) in [4.78, 5) is 0. The predicted octanol–water partition coefficient (Wildman–Crippen LogP) is 4.91. The molecule has 3 N–H and O–H groups in total. The third kappa shape index (κ3) is 5.74. The molecule has 4 heteroatoms. The van der Waals surface area contributed by atoms with Crippen molar-refractivity contribution in [3.8, 4) is 0 Å². The first-order valence-electron chi connectivity index (χ1n) is 7.75. The van der Waals surface area contributed by atoms with E-state index in [0.717, 1.165) is 30.0 Å². The van der Waals surface area contributed by atoms with Crippen LogP contribution in [0.1, 0.15) is 26.2 Å². The van der Waals surface area contributed by atoms with E-state index in [9.17, 15) is 0 Å². The molecule has 3 nitrogen and oxygen atoms in total. The Kier molecular flexibility index (Phi) is 6.71. The van der Waals surface area contributed by atoms with Gasteiger partial charge < -0.3 is 16.0 Å². The lowest BCUT2D eigenvalue weighted by atomic mass is 10.2. The molecule has 0 aliphatic carbocycles. The van der Waals surface area contributed by atoms with Crippen molar-refractivity contribution in [3.05, 3.63) is 54.6 Å². The van der Waals surface area contributed by atoms with Gasteiger partial charge in [0.1, 0.15) is 0 Å². The molecule has 0 aliphatic heterocycles. The summed E-state index contributed by atoms with van der Waals surface area (Å²) in [6.45, 7) is 3.12. The summed E-state index contributed by atoms with van der Waals surface area (Å²) in [6.07, 6.45) is 3.60. The van der Waals surface area contributed by atoms with Crippen molar-refractivity contribution < 1.29 is 0 Å². The smallest absolute Gasteiger partial charge is 0.170 e. The molecular weight excluding hydrogens is 290 g/mol. The van der Waals surface area contributed by atoms with E-state index in [1.807, 2.05) is 54.6 Å². The first-order chi connectivity index (χ1) is 10.8. The zero-order valence-electron chi connectivity index (χ0n) is 12.9. The average Bonchev–Trinajstić information content (AvgIpc) is 2.54. The Balaban J connectivity index is 1.80. The fourth-order valence-corrected chi connectivity index (χ4v) is 2.30. The maximum Gasteiger partial charge on any atom is 0.170 e. The second-order valence-corrected chi connectivity index (χ2v) is 5.56. The van der Waals surface area contributed by atoms with E-state index >= 15 is 0 Å². The van der Waals surface area contributed by atoms with Crippen molar-refractivity contribution in [2.45, 2.75) is 26.2 Å². The van der Waals surface area contributed by atoms with Crippen LogP contribution in [0.5, 0.6) is 0 Å². The number of hydrogen-bond donors (Lipinski definition) is 3. The summed E-state index contributed by atoms with van der Waals surface area (Å²) in [5.74, 6) is 0. The van der Waals surface area contributed by atoms with Crippen LogP contribution in [0.4, 0.5) is 17.1 Å². The molecule has 0 saturated carbocycles. The van der Waals surface area contributed by atoms with E-state index in [4.69, 9.17) is 12.2 Å². The SMILES string of the molecule is CCCCCNC(=S)Nc1ccc(Nc2ccccc2)cc1. The Bertz CT molecular complexity index is 567. The maximum atomic E-state index is 5.29. The monoisotopic (exact) mass is 313 g/mol. The molecular formula is C18H23N3S. The number of thiocarbonyl (C=S) groups is 1. The molecule has 0 radical (unpaired) electrons. The van der Waals surface area contributed by atoms with Crippen LogP contribution in [0.2, 0.25) is 0 Å². The van der Waals surface area contributed by atoms with Gasteiger partial charge in [-0.1, -0.05) is 38.0 Å². The zero-order chi connectivity index (χ0) is 15.6. The highest BCUT2D eigenvalue weighted by molar-refractivity contribution is 7.80. The lowest BCUT2D eigenvalue weighted by Gasteiger charge is -2.11. The van der Waals surface area contributed by atoms with Gasteiger partial charge in [-0.25, -0.2) is 0 Å². The number of nitrogens with one attached hydrogen (secondary N) is 3. The molecule has 0 atom stereocenters. The molecule has 0 unspecified atom stereocenters. The first kappa shape index (κ1) is 16.3. The molecule has 0 spiro atoms. The largest absolute Gasteiger partial charge is 0.362 e. The first-order valence-corrected chi connectivity index (χ1v) is 8.16. The molecule has 22 heavy (non-hydrogen) atoms. The van der Waals surface area contributed by atoms with Gasteiger partial charge in [0, 0.05) is 23.6 Å². The van der Waals surface area contributed by atoms with Gasteiger partial charge >= 0.3 is 0 Å². The molecule has 0 aromatic heterocycles. The second-order valence-electron chi connectivity index (χ2n) is 5.16. The molecule has 2 aromatic rings. The third-order valence-electron chi connectivity index (χ3n) is 3.27. The lowest BCUT2D eigenvalue weighted by molar-refractivity contribution is 0.698. The summed E-state index contributed by atoms with van der Waals surface area (Å²) < 4.78 is 0. The Morgan fingerprint density at radius 3 is 2.18 bits per heavy atom. The average molecular weight is 313 g/mol. The highest BCUT2D eigenvalue weighted by atomic mass is 32.1. The van der Waals surface area contributed by atoms with Crippen molar-refractivity contribution in [1.29, 1.82) is 0 Å². The van der Waals surface area contributed by atoms with Crippen LogP contribution in [0.3, 0.4) is 0 Å². The van der Waals surface area contributed by atoms with Crippen molar-refractivity contribution >= 4 is 34.4 Å². The normalized spacial score (nSPS) is 10.0. The van der Waals surface area contributed by atoms with Crippen LogP contribution in [0.25, 0.3) is 0 Å². The minimum Gasteiger partial charge on any atom is -0.362 e. The van der Waals surface area contributed by atoms with Gasteiger partial charge in [-0.15, -0.1) is 0 Å². The number of para-hydroxylation sites is 1. The Morgan fingerprint density at radius 2 is 1.50 bits per heavy atom. The quantitative estimate of drug-likeness (QED) is 0.501. The van der Waals surface area contributed by atoms with E-state index in [1.165, 1.54) is 12.8 Å². The Labute approximate surface area is 138 Å². The van der Waals surface area contributed by atoms with Crippen LogP contribution >= 0.6 is 12.2 Å². The van der Waals surface area contributed by atoms with Crippen LogP contribution in [-0.2, 0) is 0 Å². The fraction of sp³-hybridized carbons (Fsp3) is 0.278. The number of benzene rings is 2. The number of anilines is 3. The molecule has 116 valence electrons. The molecule has 0 bridgehead atoms. The minimum absolute atomic E-state index is 0.680. The fourth-order valence-electron chi connectivity index (χ4n) is 2.08. The number of hydrogen-bond acceptors (Lipinski definition) is 2. The van der Waals surface area contributed by atoms with E-state index in [1.54, 1.807) is 0 Å². The molecule has 2 aromatic carbocycles. The highest BCUT2D eigenvalue weighted by Crippen LogP contribution is 2.18. The highest BCUT2D eigenvalue weighted by Gasteiger charge is 1.98. The van der Waals surface area contributed by atoms with E-state index in [2.05, 4.69) is 22.9 Å². The van der Waals surface area contributed by atoms with Crippen LogP contribution in [0, 0.1) is 0 Å². The van der Waals surface area contributed by atoms with Gasteiger partial charge in [-0.2, -0.15) is 0 Å². The molecule has 2 rings (SSSR count). The summed E-state index contributed by atoms with van der Waals surface area (Å²) in [7, 11) is 0. The summed E-state index contributed by atoms with van der Waals surface area (Å²) in [5, 5.41) is 10.5. The van der Waals surface area contributed by atoms with Gasteiger partial charge in [0.05, 0.1) is 0 Å². The molecule has 0 saturated heterocycles. The zero-order valence-corrected chi connectivity index (χ0v) is 13.7. The summed E-state index contributed by atoms with van der Waals surface area (Å²) in [6, 6.07) is 18.2.